The van der Waals surface area contributed by atoms with Gasteiger partial charge in [-0.05, 0) is 59.1 Å². The first kappa shape index (κ1) is 21.3. The van der Waals surface area contributed by atoms with E-state index in [9.17, 15) is 18.4 Å². The van der Waals surface area contributed by atoms with Crippen LogP contribution in [0.15, 0.2) is 70.7 Å². The number of halogens is 2. The smallest absolute Gasteiger partial charge is 0.229 e. The molecule has 0 atom stereocenters. The lowest BCUT2D eigenvalue weighted by Crippen LogP contribution is -2.38. The van der Waals surface area contributed by atoms with Crippen molar-refractivity contribution in [3.05, 3.63) is 87.9 Å². The molecular weight excluding hydrogens is 444 g/mol. The van der Waals surface area contributed by atoms with Crippen LogP contribution in [0, 0.1) is 11.6 Å². The normalized spacial score (nSPS) is 15.0. The maximum Gasteiger partial charge on any atom is 0.229 e. The molecular formula is C25H21F2N3O2S. The second kappa shape index (κ2) is 8.78. The maximum absolute atomic E-state index is 14.2. The molecule has 0 aliphatic carbocycles. The Labute approximate surface area is 193 Å². The van der Waals surface area contributed by atoms with Crippen molar-refractivity contribution in [2.45, 2.75) is 19.3 Å². The Morgan fingerprint density at radius 1 is 1.09 bits per heavy atom. The molecule has 0 spiro atoms. The Hall–Kier alpha value is -3.52. The first-order valence-electron chi connectivity index (χ1n) is 10.7. The summed E-state index contributed by atoms with van der Waals surface area (Å²) in [6.07, 6.45) is 0.769. The molecule has 3 aromatic rings. The SMILES string of the molecule is O=C(CC1=C2N(CCC1=O)c1ccc(F)cc1N2CCc1ccsc1)Nc1ccccc1F. The third kappa shape index (κ3) is 4.14. The predicted molar refractivity (Wildman–Crippen MR) is 125 cm³/mol. The van der Waals surface area contributed by atoms with Gasteiger partial charge in [0.15, 0.2) is 5.78 Å². The van der Waals surface area contributed by atoms with E-state index in [1.807, 2.05) is 21.2 Å². The van der Waals surface area contributed by atoms with E-state index in [0.717, 1.165) is 11.3 Å². The number of hydrogen-bond acceptors (Lipinski definition) is 5. The van der Waals surface area contributed by atoms with Gasteiger partial charge in [-0.15, -0.1) is 0 Å². The van der Waals surface area contributed by atoms with Gasteiger partial charge in [0, 0.05) is 25.1 Å². The van der Waals surface area contributed by atoms with Gasteiger partial charge in [0.2, 0.25) is 5.91 Å². The number of carbonyl (C=O) groups is 2. The Morgan fingerprint density at radius 2 is 1.94 bits per heavy atom. The highest BCUT2D eigenvalue weighted by Crippen LogP contribution is 2.45. The van der Waals surface area contributed by atoms with Crippen molar-refractivity contribution in [2.24, 2.45) is 0 Å². The van der Waals surface area contributed by atoms with Crippen LogP contribution in [0.5, 0.6) is 0 Å². The second-order valence-electron chi connectivity index (χ2n) is 8.00. The van der Waals surface area contributed by atoms with Gasteiger partial charge in [0.1, 0.15) is 17.5 Å². The fraction of sp³-hybridized carbons (Fsp3) is 0.200. The number of para-hydroxylation sites is 1. The van der Waals surface area contributed by atoms with Crippen LogP contribution >= 0.6 is 11.3 Å². The highest BCUT2D eigenvalue weighted by molar-refractivity contribution is 7.07. The molecule has 3 heterocycles. The zero-order valence-electron chi connectivity index (χ0n) is 17.7. The summed E-state index contributed by atoms with van der Waals surface area (Å²) in [6.45, 7) is 0.991. The molecule has 168 valence electrons. The summed E-state index contributed by atoms with van der Waals surface area (Å²) in [5, 5.41) is 6.62. The van der Waals surface area contributed by atoms with Crippen molar-refractivity contribution in [1.82, 2.24) is 0 Å². The number of carbonyl (C=O) groups excluding carboxylic acids is 2. The third-order valence-corrected chi connectivity index (χ3v) is 6.62. The summed E-state index contributed by atoms with van der Waals surface area (Å²) in [5.74, 6) is -0.886. The van der Waals surface area contributed by atoms with E-state index in [-0.39, 0.29) is 30.1 Å². The monoisotopic (exact) mass is 465 g/mol. The van der Waals surface area contributed by atoms with E-state index >= 15 is 0 Å². The van der Waals surface area contributed by atoms with E-state index in [0.29, 0.717) is 36.6 Å². The van der Waals surface area contributed by atoms with Gasteiger partial charge in [-0.3, -0.25) is 9.59 Å². The van der Waals surface area contributed by atoms with Gasteiger partial charge >= 0.3 is 0 Å². The first-order chi connectivity index (χ1) is 16.0. The van der Waals surface area contributed by atoms with E-state index < -0.39 is 11.7 Å². The number of fused-ring (bicyclic) bond motifs is 3. The van der Waals surface area contributed by atoms with Crippen LogP contribution in [-0.2, 0) is 16.0 Å². The van der Waals surface area contributed by atoms with Crippen molar-refractivity contribution >= 4 is 40.1 Å². The van der Waals surface area contributed by atoms with Crippen LogP contribution in [0.1, 0.15) is 18.4 Å². The lowest BCUT2D eigenvalue weighted by atomic mass is 10.00. The lowest BCUT2D eigenvalue weighted by molar-refractivity contribution is -0.119. The molecule has 0 fully saturated rings. The summed E-state index contributed by atoms with van der Waals surface area (Å²) in [7, 11) is 0. The van der Waals surface area contributed by atoms with Crippen LogP contribution < -0.4 is 15.1 Å². The molecule has 2 aliphatic heterocycles. The predicted octanol–water partition coefficient (Wildman–Crippen LogP) is 5.11. The number of rotatable bonds is 6. The highest BCUT2D eigenvalue weighted by atomic mass is 32.1. The van der Waals surface area contributed by atoms with Crippen molar-refractivity contribution in [2.75, 3.05) is 28.2 Å². The van der Waals surface area contributed by atoms with Gasteiger partial charge in [-0.2, -0.15) is 11.3 Å². The number of benzene rings is 2. The molecule has 2 aliphatic rings. The van der Waals surface area contributed by atoms with E-state index in [1.54, 1.807) is 29.5 Å². The standard InChI is InChI=1S/C25H21F2N3O2S/c26-17-5-6-21-22(13-17)30(10-7-16-9-12-33-15-16)25-18(23(31)8-11-29(21)25)14-24(32)28-20-4-2-1-3-19(20)27/h1-6,9,12-13,15H,7-8,10-11,14H2,(H,28,32). The molecule has 1 amide bonds. The summed E-state index contributed by atoms with van der Waals surface area (Å²) < 4.78 is 28.2. The van der Waals surface area contributed by atoms with Crippen molar-refractivity contribution in [3.8, 4) is 0 Å². The van der Waals surface area contributed by atoms with Gasteiger partial charge in [0.25, 0.3) is 0 Å². The molecule has 2 aromatic carbocycles. The van der Waals surface area contributed by atoms with Crippen LogP contribution in [-0.4, -0.2) is 24.8 Å². The highest BCUT2D eigenvalue weighted by Gasteiger charge is 2.39. The van der Waals surface area contributed by atoms with E-state index in [4.69, 9.17) is 0 Å². The Kier molecular flexibility index (Phi) is 5.68. The number of nitrogens with one attached hydrogen (secondary N) is 1. The van der Waals surface area contributed by atoms with E-state index in [2.05, 4.69) is 10.7 Å². The number of nitrogens with zero attached hydrogens (tertiary/aromatic N) is 2. The van der Waals surface area contributed by atoms with Crippen LogP contribution in [0.3, 0.4) is 0 Å². The Bertz CT molecular complexity index is 1260. The largest absolute Gasteiger partial charge is 0.325 e. The van der Waals surface area contributed by atoms with Gasteiger partial charge in [-0.1, -0.05) is 12.1 Å². The fourth-order valence-corrected chi connectivity index (χ4v) is 5.06. The Morgan fingerprint density at radius 3 is 2.73 bits per heavy atom. The molecule has 1 N–H and O–H groups in total. The van der Waals surface area contributed by atoms with Gasteiger partial charge < -0.3 is 15.1 Å². The number of thiophene rings is 1. The summed E-state index contributed by atoms with van der Waals surface area (Å²) in [6, 6.07) is 12.5. The maximum atomic E-state index is 14.2. The topological polar surface area (TPSA) is 52.7 Å². The summed E-state index contributed by atoms with van der Waals surface area (Å²) in [5.41, 5.74) is 3.08. The average Bonchev–Trinajstić information content (AvgIpc) is 3.42. The minimum absolute atomic E-state index is 0.0688. The zero-order valence-corrected chi connectivity index (χ0v) is 18.5. The number of anilines is 3. The van der Waals surface area contributed by atoms with E-state index in [1.165, 1.54) is 24.3 Å². The molecule has 0 saturated carbocycles. The number of hydrogen-bond donors (Lipinski definition) is 1. The minimum atomic E-state index is -0.541. The molecule has 0 saturated heterocycles. The van der Waals surface area contributed by atoms with Crippen molar-refractivity contribution in [3.63, 3.8) is 0 Å². The van der Waals surface area contributed by atoms with Gasteiger partial charge in [-0.25, -0.2) is 8.78 Å². The second-order valence-corrected chi connectivity index (χ2v) is 8.78. The molecule has 0 unspecified atom stereocenters. The zero-order chi connectivity index (χ0) is 22.9. The summed E-state index contributed by atoms with van der Waals surface area (Å²) in [4.78, 5) is 29.6. The van der Waals surface area contributed by atoms with Crippen LogP contribution in [0.4, 0.5) is 25.8 Å². The van der Waals surface area contributed by atoms with Crippen molar-refractivity contribution in [1.29, 1.82) is 0 Å². The molecule has 0 radical (unpaired) electrons. The van der Waals surface area contributed by atoms with Gasteiger partial charge in [0.05, 0.1) is 23.5 Å². The fourth-order valence-electron chi connectivity index (χ4n) is 4.35. The molecule has 5 nitrogen and oxygen atoms in total. The number of Topliss-reactive ketones (excluding diaryl/α,β-unsaturated/α-hetero) is 1. The number of amides is 1. The first-order valence-corrected chi connectivity index (χ1v) is 11.6. The number of ketones is 1. The quantitative estimate of drug-likeness (QED) is 0.550. The molecule has 0 bridgehead atoms. The molecule has 5 rings (SSSR count). The van der Waals surface area contributed by atoms with Crippen LogP contribution in [0.2, 0.25) is 0 Å². The lowest BCUT2D eigenvalue weighted by Gasteiger charge is -2.31. The third-order valence-electron chi connectivity index (χ3n) is 5.89. The van der Waals surface area contributed by atoms with Crippen LogP contribution in [0.25, 0.3) is 0 Å². The molecule has 8 heteroatoms. The molecule has 1 aromatic heterocycles. The van der Waals surface area contributed by atoms with Crippen molar-refractivity contribution < 1.29 is 18.4 Å². The summed E-state index contributed by atoms with van der Waals surface area (Å²) >= 11 is 1.61. The molecule has 33 heavy (non-hydrogen) atoms. The Balaban J connectivity index is 1.50. The average molecular weight is 466 g/mol. The minimum Gasteiger partial charge on any atom is -0.325 e.